The van der Waals surface area contributed by atoms with Gasteiger partial charge >= 0.3 is 0 Å². The van der Waals surface area contributed by atoms with Crippen molar-refractivity contribution < 1.29 is 9.18 Å². The van der Waals surface area contributed by atoms with E-state index in [2.05, 4.69) is 24.1 Å². The van der Waals surface area contributed by atoms with Crippen LogP contribution in [0.15, 0.2) is 42.5 Å². The van der Waals surface area contributed by atoms with E-state index in [1.807, 2.05) is 27.8 Å². The molecule has 5 nitrogen and oxygen atoms in total. The molecule has 0 radical (unpaired) electrons. The van der Waals surface area contributed by atoms with Gasteiger partial charge in [-0.05, 0) is 76.6 Å². The molecule has 0 bridgehead atoms. The molecule has 1 amide bonds. The van der Waals surface area contributed by atoms with E-state index in [-0.39, 0.29) is 23.3 Å². The predicted octanol–water partition coefficient (Wildman–Crippen LogP) is 5.20. The number of halogens is 1. The lowest BCUT2D eigenvalue weighted by atomic mass is 10.1. The summed E-state index contributed by atoms with van der Waals surface area (Å²) < 4.78 is 13.5. The number of fused-ring (bicyclic) bond motifs is 1. The summed E-state index contributed by atoms with van der Waals surface area (Å²) in [6.45, 7) is 10.1. The second kappa shape index (κ2) is 8.38. The second-order valence-corrected chi connectivity index (χ2v) is 8.68. The maximum Gasteiger partial charge on any atom is 0.251 e. The van der Waals surface area contributed by atoms with Crippen LogP contribution in [0, 0.1) is 5.82 Å². The third-order valence-corrected chi connectivity index (χ3v) is 5.10. The average Bonchev–Trinajstić information content (AvgIpc) is 2.70. The summed E-state index contributed by atoms with van der Waals surface area (Å²) in [4.78, 5) is 24.4. The highest BCUT2D eigenvalue weighted by Crippen LogP contribution is 2.31. The molecule has 0 fully saturated rings. The summed E-state index contributed by atoms with van der Waals surface area (Å²) in [7, 11) is 1.98. The van der Waals surface area contributed by atoms with Gasteiger partial charge in [0.2, 0.25) is 0 Å². The van der Waals surface area contributed by atoms with E-state index in [1.165, 1.54) is 12.1 Å². The van der Waals surface area contributed by atoms with Gasteiger partial charge in [0, 0.05) is 29.8 Å². The van der Waals surface area contributed by atoms with Crippen LogP contribution >= 0.6 is 0 Å². The molecule has 3 aromatic rings. The monoisotopic (exact) mass is 408 g/mol. The molecule has 1 atom stereocenters. The van der Waals surface area contributed by atoms with Gasteiger partial charge in [0.25, 0.3) is 5.91 Å². The molecule has 0 aliphatic carbocycles. The zero-order valence-electron chi connectivity index (χ0n) is 18.5. The van der Waals surface area contributed by atoms with Crippen molar-refractivity contribution in [1.29, 1.82) is 0 Å². The maximum atomic E-state index is 13.5. The van der Waals surface area contributed by atoms with Gasteiger partial charge in [0.1, 0.15) is 11.5 Å². The summed E-state index contributed by atoms with van der Waals surface area (Å²) in [6, 6.07) is 11.8. The summed E-state index contributed by atoms with van der Waals surface area (Å²) in [5.74, 6) is 0.265. The summed E-state index contributed by atoms with van der Waals surface area (Å²) in [6.07, 6.45) is 0.938. The van der Waals surface area contributed by atoms with Crippen LogP contribution in [0.1, 0.15) is 51.4 Å². The topological polar surface area (TPSA) is 58.1 Å². The molecular formula is C24H29FN4O. The first-order valence-corrected chi connectivity index (χ1v) is 10.2. The van der Waals surface area contributed by atoms with E-state index in [0.29, 0.717) is 28.1 Å². The number of nitrogens with one attached hydrogen (secondary N) is 1. The SMILES string of the molecule is CCC(C)N(C)c1nc2cc(C(=O)NC(C)(C)C)ccc2nc1-c1ccc(F)cc1. The Labute approximate surface area is 177 Å². The van der Waals surface area contributed by atoms with Crippen LogP contribution < -0.4 is 10.2 Å². The minimum Gasteiger partial charge on any atom is -0.355 e. The Morgan fingerprint density at radius 1 is 1.10 bits per heavy atom. The fraction of sp³-hybridized carbons (Fsp3) is 0.375. The highest BCUT2D eigenvalue weighted by molar-refractivity contribution is 5.98. The summed E-state index contributed by atoms with van der Waals surface area (Å²) >= 11 is 0. The molecule has 2 aromatic carbocycles. The summed E-state index contributed by atoms with van der Waals surface area (Å²) in [5, 5.41) is 2.97. The number of aromatic nitrogens is 2. The fourth-order valence-corrected chi connectivity index (χ4v) is 3.13. The number of carbonyl (C=O) groups excluding carboxylic acids is 1. The fourth-order valence-electron chi connectivity index (χ4n) is 3.13. The number of hydrogen-bond acceptors (Lipinski definition) is 4. The molecule has 1 heterocycles. The van der Waals surface area contributed by atoms with Gasteiger partial charge in [-0.1, -0.05) is 6.92 Å². The Hall–Kier alpha value is -3.02. The molecule has 0 aliphatic heterocycles. The first-order chi connectivity index (χ1) is 14.1. The number of hydrogen-bond donors (Lipinski definition) is 1. The molecule has 1 aromatic heterocycles. The van der Waals surface area contributed by atoms with E-state index >= 15 is 0 Å². The Kier molecular flexibility index (Phi) is 6.06. The predicted molar refractivity (Wildman–Crippen MR) is 120 cm³/mol. The van der Waals surface area contributed by atoms with Crippen LogP contribution in [-0.2, 0) is 0 Å². The molecule has 6 heteroatoms. The Bertz CT molecular complexity index is 1060. The van der Waals surface area contributed by atoms with E-state index in [9.17, 15) is 9.18 Å². The highest BCUT2D eigenvalue weighted by Gasteiger charge is 2.20. The van der Waals surface area contributed by atoms with Crippen molar-refractivity contribution >= 4 is 22.8 Å². The number of carbonyl (C=O) groups is 1. The number of amides is 1. The van der Waals surface area contributed by atoms with Crippen LogP contribution in [0.5, 0.6) is 0 Å². The largest absolute Gasteiger partial charge is 0.355 e. The van der Waals surface area contributed by atoms with Crippen molar-refractivity contribution in [1.82, 2.24) is 15.3 Å². The van der Waals surface area contributed by atoms with Gasteiger partial charge in [-0.3, -0.25) is 4.79 Å². The number of benzene rings is 2. The van der Waals surface area contributed by atoms with Gasteiger partial charge in [-0.25, -0.2) is 14.4 Å². The first kappa shape index (κ1) is 21.7. The minimum absolute atomic E-state index is 0.148. The second-order valence-electron chi connectivity index (χ2n) is 8.68. The van der Waals surface area contributed by atoms with Crippen LogP contribution in [0.25, 0.3) is 22.3 Å². The zero-order valence-corrected chi connectivity index (χ0v) is 18.5. The Morgan fingerprint density at radius 2 is 1.77 bits per heavy atom. The number of anilines is 1. The standard InChI is InChI=1S/C24H29FN4O/c1-7-15(2)29(6)22-21(16-8-11-18(25)12-9-16)26-19-13-10-17(14-20(19)27-22)23(30)28-24(3,4)5/h8-15H,7H2,1-6H3,(H,28,30). The van der Waals surface area contributed by atoms with E-state index in [0.717, 1.165) is 12.0 Å². The highest BCUT2D eigenvalue weighted by atomic mass is 19.1. The van der Waals surface area contributed by atoms with Crippen LogP contribution in [0.3, 0.4) is 0 Å². The number of nitrogens with zero attached hydrogens (tertiary/aromatic N) is 3. The van der Waals surface area contributed by atoms with Gasteiger partial charge in [0.05, 0.1) is 11.0 Å². The van der Waals surface area contributed by atoms with Gasteiger partial charge in [-0.15, -0.1) is 0 Å². The molecule has 0 spiro atoms. The number of rotatable bonds is 5. The Morgan fingerprint density at radius 3 is 2.37 bits per heavy atom. The molecule has 0 saturated heterocycles. The van der Waals surface area contributed by atoms with Crippen molar-refractivity contribution in [2.24, 2.45) is 0 Å². The van der Waals surface area contributed by atoms with Crippen LogP contribution in [0.4, 0.5) is 10.2 Å². The van der Waals surface area contributed by atoms with Gasteiger partial charge in [-0.2, -0.15) is 0 Å². The Balaban J connectivity index is 2.14. The normalized spacial score (nSPS) is 12.6. The minimum atomic E-state index is -0.327. The van der Waals surface area contributed by atoms with E-state index in [1.54, 1.807) is 30.3 Å². The van der Waals surface area contributed by atoms with Crippen molar-refractivity contribution in [2.75, 3.05) is 11.9 Å². The van der Waals surface area contributed by atoms with Crippen molar-refractivity contribution in [2.45, 2.75) is 52.6 Å². The third-order valence-electron chi connectivity index (χ3n) is 5.10. The van der Waals surface area contributed by atoms with Crippen LogP contribution in [-0.4, -0.2) is 34.5 Å². The molecule has 1 N–H and O–H groups in total. The van der Waals surface area contributed by atoms with Crippen LogP contribution in [0.2, 0.25) is 0 Å². The maximum absolute atomic E-state index is 13.5. The lowest BCUT2D eigenvalue weighted by Gasteiger charge is -2.27. The molecule has 158 valence electrons. The first-order valence-electron chi connectivity index (χ1n) is 10.2. The molecular weight excluding hydrogens is 379 g/mol. The van der Waals surface area contributed by atoms with Crippen molar-refractivity contribution in [3.63, 3.8) is 0 Å². The van der Waals surface area contributed by atoms with Gasteiger partial charge < -0.3 is 10.2 Å². The van der Waals surface area contributed by atoms with Gasteiger partial charge in [0.15, 0.2) is 5.82 Å². The molecule has 30 heavy (non-hydrogen) atoms. The zero-order chi connectivity index (χ0) is 22.1. The molecule has 1 unspecified atom stereocenters. The summed E-state index contributed by atoms with van der Waals surface area (Å²) in [5.41, 5.74) is 3.03. The van der Waals surface area contributed by atoms with Crippen molar-refractivity contribution in [3.8, 4) is 11.3 Å². The lowest BCUT2D eigenvalue weighted by Crippen LogP contribution is -2.40. The quantitative estimate of drug-likeness (QED) is 0.630. The lowest BCUT2D eigenvalue weighted by molar-refractivity contribution is 0.0919. The third kappa shape index (κ3) is 4.75. The van der Waals surface area contributed by atoms with E-state index in [4.69, 9.17) is 9.97 Å². The smallest absolute Gasteiger partial charge is 0.251 e. The molecule has 0 aliphatic rings. The van der Waals surface area contributed by atoms with E-state index < -0.39 is 0 Å². The van der Waals surface area contributed by atoms with Crippen molar-refractivity contribution in [3.05, 3.63) is 53.8 Å². The average molecular weight is 409 g/mol. The molecule has 0 saturated carbocycles. The molecule has 3 rings (SSSR count).